The van der Waals surface area contributed by atoms with Crippen molar-refractivity contribution in [2.24, 2.45) is 17.3 Å². The third-order valence-electron chi connectivity index (χ3n) is 5.36. The number of nitrogens with one attached hydrogen (secondary N) is 1. The molecule has 0 aromatic carbocycles. The Morgan fingerprint density at radius 3 is 2.76 bits per heavy atom. The highest BCUT2D eigenvalue weighted by Gasteiger charge is 2.50. The molecular formula is C17H26N2OS. The van der Waals surface area contributed by atoms with Gasteiger partial charge < -0.3 is 4.90 Å². The van der Waals surface area contributed by atoms with E-state index in [-0.39, 0.29) is 12.2 Å². The van der Waals surface area contributed by atoms with Crippen molar-refractivity contribution < 1.29 is 4.79 Å². The average molecular weight is 306 g/mol. The fraction of sp³-hybridized carbons (Fsp3) is 0.706. The number of hydrogen-bond acceptors (Lipinski definition) is 3. The minimum absolute atomic E-state index is 0.0241. The minimum Gasteiger partial charge on any atom is -0.320 e. The van der Waals surface area contributed by atoms with Crippen LogP contribution in [0.3, 0.4) is 0 Å². The zero-order chi connectivity index (χ0) is 15.2. The topological polar surface area (TPSA) is 32.3 Å². The number of rotatable bonds is 5. The highest BCUT2D eigenvalue weighted by molar-refractivity contribution is 7.10. The lowest BCUT2D eigenvalue weighted by molar-refractivity contribution is -0.131. The van der Waals surface area contributed by atoms with Crippen molar-refractivity contribution in [1.82, 2.24) is 10.2 Å². The first kappa shape index (κ1) is 15.0. The lowest BCUT2D eigenvalue weighted by atomic mass is 9.99. The Bertz CT molecular complexity index is 511. The van der Waals surface area contributed by atoms with Gasteiger partial charge in [0.15, 0.2) is 0 Å². The van der Waals surface area contributed by atoms with E-state index in [4.69, 9.17) is 0 Å². The summed E-state index contributed by atoms with van der Waals surface area (Å²) in [7, 11) is 0. The quantitative estimate of drug-likeness (QED) is 0.901. The van der Waals surface area contributed by atoms with Crippen LogP contribution >= 0.6 is 11.3 Å². The second kappa shape index (κ2) is 5.40. The Morgan fingerprint density at radius 1 is 1.52 bits per heavy atom. The summed E-state index contributed by atoms with van der Waals surface area (Å²) in [5.41, 5.74) is 0.411. The first-order valence-corrected chi connectivity index (χ1v) is 8.92. The lowest BCUT2D eigenvalue weighted by Crippen LogP contribution is -2.36. The van der Waals surface area contributed by atoms with Crippen LogP contribution in [0.5, 0.6) is 0 Å². The van der Waals surface area contributed by atoms with E-state index < -0.39 is 0 Å². The molecule has 4 unspecified atom stereocenters. The Kier molecular flexibility index (Phi) is 3.87. The number of nitrogens with zero attached hydrogens (tertiary/aromatic N) is 1. The molecular weight excluding hydrogens is 280 g/mol. The van der Waals surface area contributed by atoms with E-state index in [0.717, 1.165) is 13.0 Å². The SMILES string of the molecule is CCC(C)C1NC(c2cccs2)N(CC2CC2(C)C)C1=O. The molecule has 1 aliphatic carbocycles. The minimum atomic E-state index is -0.0241. The predicted octanol–water partition coefficient (Wildman–Crippen LogP) is 3.64. The zero-order valence-electron chi connectivity index (χ0n) is 13.4. The highest BCUT2D eigenvalue weighted by atomic mass is 32.1. The van der Waals surface area contributed by atoms with Crippen LogP contribution in [0, 0.1) is 17.3 Å². The first-order valence-electron chi connectivity index (χ1n) is 8.04. The Balaban J connectivity index is 1.80. The van der Waals surface area contributed by atoms with Gasteiger partial charge in [0.1, 0.15) is 6.17 Å². The molecule has 0 spiro atoms. The number of thiophene rings is 1. The molecule has 21 heavy (non-hydrogen) atoms. The Labute approximate surface area is 131 Å². The summed E-state index contributed by atoms with van der Waals surface area (Å²) in [6.07, 6.45) is 2.35. The molecule has 3 nitrogen and oxygen atoms in total. The standard InChI is InChI=1S/C17H26N2OS/c1-5-11(2)14-16(20)19(10-12-9-17(12,3)4)15(18-14)13-7-6-8-21-13/h6-8,11-12,14-15,18H,5,9-10H2,1-4H3. The molecule has 116 valence electrons. The van der Waals surface area contributed by atoms with Crippen molar-refractivity contribution in [3.8, 4) is 0 Å². The van der Waals surface area contributed by atoms with E-state index in [1.807, 2.05) is 0 Å². The summed E-state index contributed by atoms with van der Waals surface area (Å²) >= 11 is 1.74. The van der Waals surface area contributed by atoms with Gasteiger partial charge in [0.25, 0.3) is 0 Å². The second-order valence-electron chi connectivity index (χ2n) is 7.33. The van der Waals surface area contributed by atoms with E-state index in [2.05, 4.69) is 55.4 Å². The molecule has 1 N–H and O–H groups in total. The van der Waals surface area contributed by atoms with Crippen molar-refractivity contribution in [1.29, 1.82) is 0 Å². The molecule has 3 rings (SSSR count). The van der Waals surface area contributed by atoms with Crippen LogP contribution in [0.25, 0.3) is 0 Å². The van der Waals surface area contributed by atoms with Gasteiger partial charge in [0.2, 0.25) is 5.91 Å². The van der Waals surface area contributed by atoms with Crippen molar-refractivity contribution >= 4 is 17.2 Å². The maximum Gasteiger partial charge on any atom is 0.241 e. The largest absolute Gasteiger partial charge is 0.320 e. The molecule has 4 atom stereocenters. The summed E-state index contributed by atoms with van der Waals surface area (Å²) in [5.74, 6) is 1.34. The van der Waals surface area contributed by atoms with Gasteiger partial charge in [-0.25, -0.2) is 0 Å². The molecule has 1 saturated heterocycles. The summed E-state index contributed by atoms with van der Waals surface area (Å²) in [6, 6.07) is 4.19. The van der Waals surface area contributed by atoms with Gasteiger partial charge >= 0.3 is 0 Å². The molecule has 1 amide bonds. The molecule has 1 aromatic heterocycles. The lowest BCUT2D eigenvalue weighted by Gasteiger charge is -2.24. The smallest absolute Gasteiger partial charge is 0.241 e. The summed E-state index contributed by atoms with van der Waals surface area (Å²) in [4.78, 5) is 16.2. The third-order valence-corrected chi connectivity index (χ3v) is 6.28. The maximum absolute atomic E-state index is 12.9. The monoisotopic (exact) mass is 306 g/mol. The van der Waals surface area contributed by atoms with Crippen LogP contribution in [0.15, 0.2) is 17.5 Å². The van der Waals surface area contributed by atoms with Gasteiger partial charge in [-0.2, -0.15) is 0 Å². The Hall–Kier alpha value is -0.870. The van der Waals surface area contributed by atoms with E-state index in [1.165, 1.54) is 11.3 Å². The zero-order valence-corrected chi connectivity index (χ0v) is 14.2. The molecule has 2 aliphatic rings. The van der Waals surface area contributed by atoms with Crippen molar-refractivity contribution in [2.45, 2.75) is 52.7 Å². The van der Waals surface area contributed by atoms with Gasteiger partial charge in [-0.3, -0.25) is 10.1 Å². The van der Waals surface area contributed by atoms with E-state index in [1.54, 1.807) is 11.3 Å². The fourth-order valence-electron chi connectivity index (χ4n) is 3.28. The fourth-order valence-corrected chi connectivity index (χ4v) is 4.08. The molecule has 1 saturated carbocycles. The Morgan fingerprint density at radius 2 is 2.24 bits per heavy atom. The van der Waals surface area contributed by atoms with Crippen LogP contribution in [0.2, 0.25) is 0 Å². The molecule has 1 aliphatic heterocycles. The van der Waals surface area contributed by atoms with E-state index >= 15 is 0 Å². The third kappa shape index (κ3) is 2.76. The van der Waals surface area contributed by atoms with Crippen LogP contribution in [-0.4, -0.2) is 23.4 Å². The van der Waals surface area contributed by atoms with Gasteiger partial charge in [-0.15, -0.1) is 11.3 Å². The molecule has 4 heteroatoms. The highest BCUT2D eigenvalue weighted by Crippen LogP contribution is 2.52. The first-order chi connectivity index (χ1) is 9.94. The number of amides is 1. The summed E-state index contributed by atoms with van der Waals surface area (Å²) in [5, 5.41) is 5.69. The predicted molar refractivity (Wildman–Crippen MR) is 87.0 cm³/mol. The summed E-state index contributed by atoms with van der Waals surface area (Å²) in [6.45, 7) is 9.84. The van der Waals surface area contributed by atoms with Crippen LogP contribution in [0.4, 0.5) is 0 Å². The molecule has 2 heterocycles. The van der Waals surface area contributed by atoms with Crippen LogP contribution in [0.1, 0.15) is 51.6 Å². The molecule has 2 fully saturated rings. The molecule has 0 radical (unpaired) electrons. The molecule has 0 bridgehead atoms. The molecule has 1 aromatic rings. The van der Waals surface area contributed by atoms with Gasteiger partial charge in [0, 0.05) is 11.4 Å². The van der Waals surface area contributed by atoms with Crippen LogP contribution < -0.4 is 5.32 Å². The van der Waals surface area contributed by atoms with Crippen molar-refractivity contribution in [3.63, 3.8) is 0 Å². The van der Waals surface area contributed by atoms with Gasteiger partial charge in [0.05, 0.1) is 6.04 Å². The van der Waals surface area contributed by atoms with Gasteiger partial charge in [-0.1, -0.05) is 40.2 Å². The average Bonchev–Trinajstić information content (AvgIpc) is 2.87. The number of carbonyl (C=O) groups is 1. The van der Waals surface area contributed by atoms with Gasteiger partial charge in [-0.05, 0) is 35.1 Å². The number of hydrogen-bond donors (Lipinski definition) is 1. The normalized spacial score (nSPS) is 32.5. The van der Waals surface area contributed by atoms with Crippen molar-refractivity contribution in [2.75, 3.05) is 6.54 Å². The maximum atomic E-state index is 12.9. The van der Waals surface area contributed by atoms with Crippen LogP contribution in [-0.2, 0) is 4.79 Å². The summed E-state index contributed by atoms with van der Waals surface area (Å²) < 4.78 is 0. The number of carbonyl (C=O) groups excluding carboxylic acids is 1. The second-order valence-corrected chi connectivity index (χ2v) is 8.31. The van der Waals surface area contributed by atoms with Crippen molar-refractivity contribution in [3.05, 3.63) is 22.4 Å². The van der Waals surface area contributed by atoms with E-state index in [9.17, 15) is 4.79 Å². The van der Waals surface area contributed by atoms with E-state index in [0.29, 0.717) is 23.2 Å².